The van der Waals surface area contributed by atoms with E-state index < -0.39 is 0 Å². The number of hydrogen-bond donors (Lipinski definition) is 1. The summed E-state index contributed by atoms with van der Waals surface area (Å²) in [5.74, 6) is -0.260. The maximum absolute atomic E-state index is 13.0. The standard InChI is InChI=1S/C12H9FN2OS/c13-9-1-2-11-10(5-9)15-12(17-11)14-6-8-3-4-16-7-8/h1-5,7H,6H2,(H,14,15). The summed E-state index contributed by atoms with van der Waals surface area (Å²) in [7, 11) is 0. The molecule has 0 saturated heterocycles. The van der Waals surface area contributed by atoms with Crippen molar-refractivity contribution in [2.45, 2.75) is 6.54 Å². The number of nitrogens with one attached hydrogen (secondary N) is 1. The lowest BCUT2D eigenvalue weighted by Gasteiger charge is -1.97. The summed E-state index contributed by atoms with van der Waals surface area (Å²) in [6, 6.07) is 6.51. The minimum Gasteiger partial charge on any atom is -0.472 e. The molecule has 0 atom stereocenters. The largest absolute Gasteiger partial charge is 0.472 e. The third-order valence-corrected chi connectivity index (χ3v) is 3.37. The molecule has 0 saturated carbocycles. The second-order valence-electron chi connectivity index (χ2n) is 3.62. The highest BCUT2D eigenvalue weighted by molar-refractivity contribution is 7.22. The van der Waals surface area contributed by atoms with Crippen molar-refractivity contribution in [2.24, 2.45) is 0 Å². The van der Waals surface area contributed by atoms with Gasteiger partial charge in [0, 0.05) is 18.2 Å². The number of anilines is 1. The normalized spacial score (nSPS) is 10.9. The van der Waals surface area contributed by atoms with Crippen LogP contribution in [0.5, 0.6) is 0 Å². The van der Waals surface area contributed by atoms with Crippen LogP contribution in [0.4, 0.5) is 9.52 Å². The third-order valence-electron chi connectivity index (χ3n) is 2.37. The molecule has 3 aromatic rings. The lowest BCUT2D eigenvalue weighted by atomic mass is 10.3. The summed E-state index contributed by atoms with van der Waals surface area (Å²) in [6.45, 7) is 0.652. The zero-order valence-corrected chi connectivity index (χ0v) is 9.63. The third kappa shape index (κ3) is 2.14. The molecule has 1 N–H and O–H groups in total. The highest BCUT2D eigenvalue weighted by Crippen LogP contribution is 2.26. The fourth-order valence-corrected chi connectivity index (χ4v) is 2.39. The van der Waals surface area contributed by atoms with Crippen LogP contribution in [-0.2, 0) is 6.54 Å². The van der Waals surface area contributed by atoms with Crippen molar-refractivity contribution in [2.75, 3.05) is 5.32 Å². The Morgan fingerprint density at radius 2 is 2.29 bits per heavy atom. The van der Waals surface area contributed by atoms with Crippen LogP contribution in [0.15, 0.2) is 41.2 Å². The van der Waals surface area contributed by atoms with E-state index in [-0.39, 0.29) is 5.82 Å². The number of nitrogens with zero attached hydrogens (tertiary/aromatic N) is 1. The monoisotopic (exact) mass is 248 g/mol. The molecule has 0 amide bonds. The van der Waals surface area contributed by atoms with Crippen molar-refractivity contribution in [1.29, 1.82) is 0 Å². The van der Waals surface area contributed by atoms with Crippen molar-refractivity contribution >= 4 is 26.7 Å². The number of hydrogen-bond acceptors (Lipinski definition) is 4. The smallest absolute Gasteiger partial charge is 0.184 e. The second kappa shape index (κ2) is 4.18. The highest BCUT2D eigenvalue weighted by atomic mass is 32.1. The molecular formula is C12H9FN2OS. The van der Waals surface area contributed by atoms with Crippen LogP contribution < -0.4 is 5.32 Å². The Morgan fingerprint density at radius 1 is 1.35 bits per heavy atom. The van der Waals surface area contributed by atoms with Gasteiger partial charge in [-0.05, 0) is 18.2 Å². The van der Waals surface area contributed by atoms with Gasteiger partial charge < -0.3 is 9.73 Å². The molecule has 3 nitrogen and oxygen atoms in total. The summed E-state index contributed by atoms with van der Waals surface area (Å²) in [6.07, 6.45) is 3.31. The molecule has 3 rings (SSSR count). The van der Waals surface area contributed by atoms with E-state index >= 15 is 0 Å². The number of furan rings is 1. The van der Waals surface area contributed by atoms with Gasteiger partial charge in [-0.15, -0.1) is 0 Å². The van der Waals surface area contributed by atoms with Gasteiger partial charge in [0.25, 0.3) is 0 Å². The van der Waals surface area contributed by atoms with Gasteiger partial charge in [0.1, 0.15) is 5.82 Å². The highest BCUT2D eigenvalue weighted by Gasteiger charge is 2.04. The van der Waals surface area contributed by atoms with Crippen molar-refractivity contribution in [3.8, 4) is 0 Å². The van der Waals surface area contributed by atoms with Crippen LogP contribution in [0.3, 0.4) is 0 Å². The van der Waals surface area contributed by atoms with Gasteiger partial charge in [-0.3, -0.25) is 0 Å². The van der Waals surface area contributed by atoms with Crippen molar-refractivity contribution < 1.29 is 8.81 Å². The molecule has 17 heavy (non-hydrogen) atoms. The predicted octanol–water partition coefficient (Wildman–Crippen LogP) is 3.64. The van der Waals surface area contributed by atoms with Gasteiger partial charge >= 0.3 is 0 Å². The lowest BCUT2D eigenvalue weighted by Crippen LogP contribution is -1.96. The lowest BCUT2D eigenvalue weighted by molar-refractivity contribution is 0.564. The number of thiazole rings is 1. The summed E-state index contributed by atoms with van der Waals surface area (Å²) < 4.78 is 18.9. The van der Waals surface area contributed by atoms with E-state index in [0.29, 0.717) is 12.1 Å². The summed E-state index contributed by atoms with van der Waals surface area (Å²) in [4.78, 5) is 4.31. The Balaban J connectivity index is 1.81. The van der Waals surface area contributed by atoms with Gasteiger partial charge in [-0.2, -0.15) is 0 Å². The molecular weight excluding hydrogens is 239 g/mol. The van der Waals surface area contributed by atoms with Crippen LogP contribution in [0.1, 0.15) is 5.56 Å². The van der Waals surface area contributed by atoms with Crippen LogP contribution >= 0.6 is 11.3 Å². The maximum atomic E-state index is 13.0. The van der Waals surface area contributed by atoms with E-state index in [1.807, 2.05) is 6.07 Å². The van der Waals surface area contributed by atoms with Crippen molar-refractivity contribution in [3.05, 3.63) is 48.2 Å². The van der Waals surface area contributed by atoms with Crippen molar-refractivity contribution in [3.63, 3.8) is 0 Å². The quantitative estimate of drug-likeness (QED) is 0.769. The Kier molecular flexibility index (Phi) is 2.53. The molecule has 2 heterocycles. The van der Waals surface area contributed by atoms with Gasteiger partial charge in [0.05, 0.1) is 22.7 Å². The fourth-order valence-electron chi connectivity index (χ4n) is 1.55. The molecule has 86 valence electrons. The SMILES string of the molecule is Fc1ccc2sc(NCc3ccoc3)nc2c1. The van der Waals surface area contributed by atoms with E-state index in [1.54, 1.807) is 18.6 Å². The van der Waals surface area contributed by atoms with Gasteiger partial charge in [0.2, 0.25) is 0 Å². The first-order chi connectivity index (χ1) is 8.31. The maximum Gasteiger partial charge on any atom is 0.184 e. The van der Waals surface area contributed by atoms with E-state index in [2.05, 4.69) is 10.3 Å². The molecule has 0 bridgehead atoms. The van der Waals surface area contributed by atoms with E-state index in [9.17, 15) is 4.39 Å². The average Bonchev–Trinajstić information content (AvgIpc) is 2.94. The van der Waals surface area contributed by atoms with E-state index in [1.165, 1.54) is 23.5 Å². The Morgan fingerprint density at radius 3 is 3.12 bits per heavy atom. The van der Waals surface area contributed by atoms with Crippen LogP contribution in [0.25, 0.3) is 10.2 Å². The van der Waals surface area contributed by atoms with Gasteiger partial charge in [-0.1, -0.05) is 11.3 Å². The second-order valence-corrected chi connectivity index (χ2v) is 4.65. The summed E-state index contributed by atoms with van der Waals surface area (Å²) >= 11 is 1.51. The Labute approximate surface area is 101 Å². The topological polar surface area (TPSA) is 38.1 Å². The Bertz CT molecular complexity index is 633. The number of aromatic nitrogens is 1. The fraction of sp³-hybridized carbons (Fsp3) is 0.0833. The molecule has 1 aromatic carbocycles. The minimum atomic E-state index is -0.260. The molecule has 0 radical (unpaired) electrons. The molecule has 0 unspecified atom stereocenters. The van der Waals surface area contributed by atoms with E-state index in [0.717, 1.165) is 15.4 Å². The average molecular weight is 248 g/mol. The van der Waals surface area contributed by atoms with Crippen LogP contribution in [-0.4, -0.2) is 4.98 Å². The summed E-state index contributed by atoms with van der Waals surface area (Å²) in [5, 5.41) is 3.96. The number of benzene rings is 1. The van der Waals surface area contributed by atoms with Crippen molar-refractivity contribution in [1.82, 2.24) is 4.98 Å². The zero-order valence-electron chi connectivity index (χ0n) is 8.81. The van der Waals surface area contributed by atoms with Crippen LogP contribution in [0.2, 0.25) is 0 Å². The molecule has 2 aromatic heterocycles. The zero-order chi connectivity index (χ0) is 11.7. The molecule has 0 spiro atoms. The van der Waals surface area contributed by atoms with Gasteiger partial charge in [0.15, 0.2) is 5.13 Å². The molecule has 5 heteroatoms. The molecule has 0 fully saturated rings. The first kappa shape index (κ1) is 10.3. The number of fused-ring (bicyclic) bond motifs is 1. The molecule has 0 aliphatic rings. The van der Waals surface area contributed by atoms with E-state index in [4.69, 9.17) is 4.42 Å². The van der Waals surface area contributed by atoms with Crippen LogP contribution in [0, 0.1) is 5.82 Å². The first-order valence-electron chi connectivity index (χ1n) is 5.12. The van der Waals surface area contributed by atoms with Gasteiger partial charge in [-0.25, -0.2) is 9.37 Å². The minimum absolute atomic E-state index is 0.260. The molecule has 0 aliphatic carbocycles. The first-order valence-corrected chi connectivity index (χ1v) is 5.94. The number of rotatable bonds is 3. The predicted molar refractivity (Wildman–Crippen MR) is 65.6 cm³/mol. The summed E-state index contributed by atoms with van der Waals surface area (Å²) in [5.41, 5.74) is 1.74. The number of halogens is 1. The Hall–Kier alpha value is -1.88. The molecule has 0 aliphatic heterocycles.